The van der Waals surface area contributed by atoms with Gasteiger partial charge in [0.2, 0.25) is 0 Å². The van der Waals surface area contributed by atoms with Gasteiger partial charge in [0.05, 0.1) is 0 Å². The fourth-order valence-electron chi connectivity index (χ4n) is 3.20. The van der Waals surface area contributed by atoms with Gasteiger partial charge in [0.25, 0.3) is 0 Å². The van der Waals surface area contributed by atoms with Crippen LogP contribution in [-0.4, -0.2) is 50.0 Å². The first-order valence-corrected chi connectivity index (χ1v) is 7.10. The zero-order valence-corrected chi connectivity index (χ0v) is 12.8. The Balaban J connectivity index is 2.90. The highest BCUT2D eigenvalue weighted by Crippen LogP contribution is 2.38. The number of carboxylic acid groups (broad SMARTS) is 1. The molecule has 5 nitrogen and oxygen atoms in total. The van der Waals surface area contributed by atoms with Crippen molar-refractivity contribution in [1.29, 1.82) is 0 Å². The molecular formula is C14H28N2O3. The average Bonchev–Trinajstić information content (AvgIpc) is 2.25. The van der Waals surface area contributed by atoms with Crippen LogP contribution >= 0.6 is 0 Å². The van der Waals surface area contributed by atoms with Crippen molar-refractivity contribution in [3.63, 3.8) is 0 Å². The molecule has 1 aliphatic heterocycles. The summed E-state index contributed by atoms with van der Waals surface area (Å²) in [5.74, 6) is 0. The first-order chi connectivity index (χ1) is 8.62. The molecule has 1 amide bonds. The molecule has 0 aromatic rings. The van der Waals surface area contributed by atoms with Gasteiger partial charge in [0.15, 0.2) is 0 Å². The van der Waals surface area contributed by atoms with E-state index in [-0.39, 0.29) is 6.04 Å². The van der Waals surface area contributed by atoms with Gasteiger partial charge in [-0.3, -0.25) is 0 Å². The van der Waals surface area contributed by atoms with Gasteiger partial charge >= 0.3 is 6.09 Å². The normalized spacial score (nSPS) is 23.3. The summed E-state index contributed by atoms with van der Waals surface area (Å²) in [5, 5.41) is 21.0. The Bertz CT molecular complexity index is 311. The van der Waals surface area contributed by atoms with Crippen LogP contribution in [0.2, 0.25) is 0 Å². The van der Waals surface area contributed by atoms with Gasteiger partial charge < -0.3 is 15.2 Å². The molecule has 1 aliphatic rings. The van der Waals surface area contributed by atoms with Crippen molar-refractivity contribution in [2.24, 2.45) is 0 Å². The largest absolute Gasteiger partial charge is 0.465 e. The third-order valence-electron chi connectivity index (χ3n) is 4.06. The van der Waals surface area contributed by atoms with Gasteiger partial charge in [-0.15, -0.1) is 0 Å². The number of piperidine rings is 1. The molecule has 0 saturated carbocycles. The van der Waals surface area contributed by atoms with Crippen LogP contribution in [0, 0.1) is 0 Å². The van der Waals surface area contributed by atoms with Crippen molar-refractivity contribution in [2.45, 2.75) is 77.4 Å². The molecule has 1 saturated heterocycles. The van der Waals surface area contributed by atoms with Crippen molar-refractivity contribution in [3.8, 4) is 0 Å². The molecule has 1 fully saturated rings. The van der Waals surface area contributed by atoms with E-state index in [1.807, 2.05) is 27.7 Å². The van der Waals surface area contributed by atoms with Crippen LogP contribution in [-0.2, 0) is 0 Å². The van der Waals surface area contributed by atoms with Crippen LogP contribution in [0.25, 0.3) is 0 Å². The minimum atomic E-state index is -0.851. The number of rotatable bonds is 4. The summed E-state index contributed by atoms with van der Waals surface area (Å²) in [5.41, 5.74) is -0.821. The van der Waals surface area contributed by atoms with E-state index >= 15 is 0 Å². The predicted molar refractivity (Wildman–Crippen MR) is 74.4 cm³/mol. The van der Waals surface area contributed by atoms with Gasteiger partial charge in [-0.2, -0.15) is 5.06 Å². The third-order valence-corrected chi connectivity index (χ3v) is 4.06. The Hall–Kier alpha value is -0.810. The van der Waals surface area contributed by atoms with Gasteiger partial charge in [-0.25, -0.2) is 4.79 Å². The van der Waals surface area contributed by atoms with E-state index in [0.29, 0.717) is 19.4 Å². The molecule has 1 heterocycles. The fraction of sp³-hybridized carbons (Fsp3) is 0.929. The second kappa shape index (κ2) is 5.67. The van der Waals surface area contributed by atoms with E-state index in [0.717, 1.165) is 12.8 Å². The molecule has 0 atom stereocenters. The van der Waals surface area contributed by atoms with Gasteiger partial charge in [-0.05, 0) is 47.0 Å². The summed E-state index contributed by atoms with van der Waals surface area (Å²) in [6.07, 6.45) is 2.32. The molecule has 5 heteroatoms. The molecule has 2 N–H and O–H groups in total. The van der Waals surface area contributed by atoms with Gasteiger partial charge in [-0.1, -0.05) is 13.3 Å². The summed E-state index contributed by atoms with van der Waals surface area (Å²) >= 11 is 0. The zero-order valence-electron chi connectivity index (χ0n) is 12.8. The summed E-state index contributed by atoms with van der Waals surface area (Å²) in [4.78, 5) is 13.0. The number of carbonyl (C=O) groups is 1. The Morgan fingerprint density at radius 2 is 1.74 bits per heavy atom. The number of hydroxylamine groups is 2. The molecule has 0 aliphatic carbocycles. The maximum Gasteiger partial charge on any atom is 0.407 e. The van der Waals surface area contributed by atoms with E-state index in [1.54, 1.807) is 4.90 Å². The lowest BCUT2D eigenvalue weighted by molar-refractivity contribution is -0.250. The topological polar surface area (TPSA) is 64.0 Å². The summed E-state index contributed by atoms with van der Waals surface area (Å²) in [7, 11) is 0. The van der Waals surface area contributed by atoms with E-state index in [1.165, 1.54) is 5.06 Å². The Kier molecular flexibility index (Phi) is 4.85. The van der Waals surface area contributed by atoms with Crippen molar-refractivity contribution in [2.75, 3.05) is 6.54 Å². The molecule has 0 aromatic carbocycles. The summed E-state index contributed by atoms with van der Waals surface area (Å²) in [6.45, 7) is 10.5. The molecule has 0 aromatic heterocycles. The van der Waals surface area contributed by atoms with Crippen LogP contribution in [0.3, 0.4) is 0 Å². The maximum absolute atomic E-state index is 11.5. The molecule has 0 bridgehead atoms. The molecule has 0 unspecified atom stereocenters. The fourth-order valence-corrected chi connectivity index (χ4v) is 3.20. The molecular weight excluding hydrogens is 244 g/mol. The number of amides is 1. The molecule has 1 rings (SSSR count). The lowest BCUT2D eigenvalue weighted by atomic mass is 9.78. The highest BCUT2D eigenvalue weighted by molar-refractivity contribution is 5.65. The minimum Gasteiger partial charge on any atom is -0.465 e. The number of nitrogens with zero attached hydrogens (tertiary/aromatic N) is 2. The summed E-state index contributed by atoms with van der Waals surface area (Å²) in [6, 6.07) is -0.0301. The SMILES string of the molecule is CCCCN(C(=O)O)C1CC(C)(C)N(O)C(C)(C)C1. The predicted octanol–water partition coefficient (Wildman–Crippen LogP) is 3.18. The molecule has 112 valence electrons. The first kappa shape index (κ1) is 16.2. The lowest BCUT2D eigenvalue weighted by Gasteiger charge is -2.53. The van der Waals surface area contributed by atoms with Crippen molar-refractivity contribution >= 4 is 6.09 Å². The third kappa shape index (κ3) is 3.60. The van der Waals surface area contributed by atoms with Crippen LogP contribution in [0.4, 0.5) is 4.79 Å². The van der Waals surface area contributed by atoms with Crippen LogP contribution < -0.4 is 0 Å². The molecule has 19 heavy (non-hydrogen) atoms. The maximum atomic E-state index is 11.5. The lowest BCUT2D eigenvalue weighted by Crippen LogP contribution is -2.63. The molecule has 0 spiro atoms. The van der Waals surface area contributed by atoms with E-state index in [2.05, 4.69) is 6.92 Å². The Morgan fingerprint density at radius 1 is 1.26 bits per heavy atom. The second-order valence-corrected chi connectivity index (χ2v) is 6.83. The van der Waals surface area contributed by atoms with E-state index < -0.39 is 17.2 Å². The second-order valence-electron chi connectivity index (χ2n) is 6.83. The Morgan fingerprint density at radius 3 is 2.11 bits per heavy atom. The van der Waals surface area contributed by atoms with Gasteiger partial charge in [0.1, 0.15) is 0 Å². The quantitative estimate of drug-likeness (QED) is 0.825. The monoisotopic (exact) mass is 272 g/mol. The highest BCUT2D eigenvalue weighted by atomic mass is 16.5. The smallest absolute Gasteiger partial charge is 0.407 e. The Labute approximate surface area is 116 Å². The highest BCUT2D eigenvalue weighted by Gasteiger charge is 2.47. The standard InChI is InChI=1S/C14H28N2O3/c1-6-7-8-15(12(17)18)11-9-13(2,3)16(19)14(4,5)10-11/h11,19H,6-10H2,1-5H3,(H,17,18). The summed E-state index contributed by atoms with van der Waals surface area (Å²) < 4.78 is 0. The average molecular weight is 272 g/mol. The number of unbranched alkanes of at least 4 members (excludes halogenated alkanes) is 1. The van der Waals surface area contributed by atoms with Crippen LogP contribution in [0.15, 0.2) is 0 Å². The van der Waals surface area contributed by atoms with Gasteiger partial charge in [0, 0.05) is 23.7 Å². The van der Waals surface area contributed by atoms with E-state index in [4.69, 9.17) is 0 Å². The van der Waals surface area contributed by atoms with Crippen LogP contribution in [0.5, 0.6) is 0 Å². The van der Waals surface area contributed by atoms with E-state index in [9.17, 15) is 15.1 Å². The van der Waals surface area contributed by atoms with Crippen molar-refractivity contribution in [3.05, 3.63) is 0 Å². The molecule has 0 radical (unpaired) electrons. The number of hydrogen-bond acceptors (Lipinski definition) is 3. The van der Waals surface area contributed by atoms with Crippen molar-refractivity contribution in [1.82, 2.24) is 9.96 Å². The zero-order chi connectivity index (χ0) is 14.8. The van der Waals surface area contributed by atoms with Crippen molar-refractivity contribution < 1.29 is 15.1 Å². The first-order valence-electron chi connectivity index (χ1n) is 7.10. The number of hydrogen-bond donors (Lipinski definition) is 2. The minimum absolute atomic E-state index is 0.0301. The van der Waals surface area contributed by atoms with Crippen LogP contribution in [0.1, 0.15) is 60.3 Å².